The zero-order chi connectivity index (χ0) is 12.1. The number of hydrogen-bond acceptors (Lipinski definition) is 4. The molecule has 0 saturated carbocycles. The maximum atomic E-state index is 10.8. The number of aliphatic hydroxyl groups is 1. The number of hydrogen-bond donors (Lipinski definition) is 2. The molecule has 0 aliphatic rings. The Morgan fingerprint density at radius 1 is 1.56 bits per heavy atom. The van der Waals surface area contributed by atoms with E-state index < -0.39 is 11.0 Å². The van der Waals surface area contributed by atoms with Gasteiger partial charge in [-0.1, -0.05) is 13.0 Å². The standard InChI is InChI=1S/C11H16N2O3/c1-3-9(14)7-12-10-5-4-8(2)6-11(10)13(15)16/h4-6,9,12,14H,3,7H2,1-2H3. The lowest BCUT2D eigenvalue weighted by Crippen LogP contribution is -2.18. The SMILES string of the molecule is CCC(O)CNc1ccc(C)cc1[N+](=O)[O-]. The Bertz CT molecular complexity index is 379. The van der Waals surface area contributed by atoms with Gasteiger partial charge >= 0.3 is 0 Å². The van der Waals surface area contributed by atoms with Gasteiger partial charge in [-0.2, -0.15) is 0 Å². The molecule has 0 heterocycles. The molecule has 1 aromatic carbocycles. The third kappa shape index (κ3) is 3.20. The Hall–Kier alpha value is -1.62. The number of benzene rings is 1. The molecule has 88 valence electrons. The quantitative estimate of drug-likeness (QED) is 0.593. The molecule has 0 radical (unpaired) electrons. The fourth-order valence-corrected chi connectivity index (χ4v) is 1.31. The van der Waals surface area contributed by atoms with E-state index in [-0.39, 0.29) is 5.69 Å². The van der Waals surface area contributed by atoms with Crippen molar-refractivity contribution in [1.82, 2.24) is 0 Å². The summed E-state index contributed by atoms with van der Waals surface area (Å²) in [5.74, 6) is 0. The number of anilines is 1. The lowest BCUT2D eigenvalue weighted by atomic mass is 10.2. The van der Waals surface area contributed by atoms with Crippen molar-refractivity contribution >= 4 is 11.4 Å². The molecule has 0 aromatic heterocycles. The fraction of sp³-hybridized carbons (Fsp3) is 0.455. The van der Waals surface area contributed by atoms with Gasteiger partial charge in [-0.15, -0.1) is 0 Å². The van der Waals surface area contributed by atoms with Crippen molar-refractivity contribution in [3.8, 4) is 0 Å². The Kier molecular flexibility index (Phi) is 4.25. The highest BCUT2D eigenvalue weighted by molar-refractivity contribution is 5.62. The Labute approximate surface area is 94.3 Å². The summed E-state index contributed by atoms with van der Waals surface area (Å²) in [5, 5.41) is 23.0. The van der Waals surface area contributed by atoms with Gasteiger partial charge in [0, 0.05) is 12.6 Å². The van der Waals surface area contributed by atoms with E-state index in [9.17, 15) is 15.2 Å². The summed E-state index contributed by atoms with van der Waals surface area (Å²) >= 11 is 0. The first kappa shape index (κ1) is 12.4. The molecule has 1 rings (SSSR count). The molecule has 0 aliphatic carbocycles. The molecule has 1 atom stereocenters. The second-order valence-electron chi connectivity index (χ2n) is 3.72. The topological polar surface area (TPSA) is 75.4 Å². The van der Waals surface area contributed by atoms with Crippen LogP contribution in [0.4, 0.5) is 11.4 Å². The van der Waals surface area contributed by atoms with Crippen LogP contribution in [-0.2, 0) is 0 Å². The lowest BCUT2D eigenvalue weighted by Gasteiger charge is -2.11. The van der Waals surface area contributed by atoms with Crippen molar-refractivity contribution in [2.75, 3.05) is 11.9 Å². The second kappa shape index (κ2) is 5.46. The van der Waals surface area contributed by atoms with E-state index >= 15 is 0 Å². The lowest BCUT2D eigenvalue weighted by molar-refractivity contribution is -0.384. The summed E-state index contributed by atoms with van der Waals surface area (Å²) in [6, 6.07) is 4.98. The van der Waals surface area contributed by atoms with Crippen molar-refractivity contribution in [1.29, 1.82) is 0 Å². The summed E-state index contributed by atoms with van der Waals surface area (Å²) in [5.41, 5.74) is 1.33. The average molecular weight is 224 g/mol. The zero-order valence-electron chi connectivity index (χ0n) is 9.43. The molecule has 0 saturated heterocycles. The van der Waals surface area contributed by atoms with Gasteiger partial charge in [-0.25, -0.2) is 0 Å². The van der Waals surface area contributed by atoms with Gasteiger partial charge in [0.1, 0.15) is 5.69 Å². The first-order chi connectivity index (χ1) is 7.54. The third-order valence-electron chi connectivity index (χ3n) is 2.35. The van der Waals surface area contributed by atoms with Crippen molar-refractivity contribution in [3.05, 3.63) is 33.9 Å². The molecule has 0 fully saturated rings. The van der Waals surface area contributed by atoms with E-state index in [4.69, 9.17) is 0 Å². The Balaban J connectivity index is 2.82. The molecule has 0 spiro atoms. The molecule has 1 unspecified atom stereocenters. The molecular weight excluding hydrogens is 208 g/mol. The minimum Gasteiger partial charge on any atom is -0.391 e. The minimum atomic E-state index is -0.485. The molecule has 0 bridgehead atoms. The molecule has 0 aliphatic heterocycles. The summed E-state index contributed by atoms with van der Waals surface area (Å²) in [6.07, 6.45) is 0.132. The third-order valence-corrected chi connectivity index (χ3v) is 2.35. The van der Waals surface area contributed by atoms with Gasteiger partial charge in [0.2, 0.25) is 0 Å². The van der Waals surface area contributed by atoms with Gasteiger partial charge in [-0.05, 0) is 25.0 Å². The average Bonchev–Trinajstić information content (AvgIpc) is 2.26. The highest BCUT2D eigenvalue weighted by Gasteiger charge is 2.13. The number of nitro benzene ring substituents is 1. The normalized spacial score (nSPS) is 12.2. The van der Waals surface area contributed by atoms with E-state index in [1.165, 1.54) is 6.07 Å². The molecule has 1 aromatic rings. The van der Waals surface area contributed by atoms with Crippen LogP contribution in [0.1, 0.15) is 18.9 Å². The van der Waals surface area contributed by atoms with Crippen molar-refractivity contribution in [2.45, 2.75) is 26.4 Å². The van der Waals surface area contributed by atoms with E-state index in [0.29, 0.717) is 18.7 Å². The number of aliphatic hydroxyl groups excluding tert-OH is 1. The summed E-state index contributed by atoms with van der Waals surface area (Å²) in [4.78, 5) is 10.4. The predicted molar refractivity (Wildman–Crippen MR) is 62.6 cm³/mol. The van der Waals surface area contributed by atoms with Crippen LogP contribution in [0.2, 0.25) is 0 Å². The Morgan fingerprint density at radius 2 is 2.25 bits per heavy atom. The zero-order valence-corrected chi connectivity index (χ0v) is 9.43. The first-order valence-corrected chi connectivity index (χ1v) is 5.21. The largest absolute Gasteiger partial charge is 0.391 e. The maximum absolute atomic E-state index is 10.8. The van der Waals surface area contributed by atoms with Crippen LogP contribution < -0.4 is 5.32 Å². The molecule has 16 heavy (non-hydrogen) atoms. The summed E-state index contributed by atoms with van der Waals surface area (Å²) in [7, 11) is 0. The predicted octanol–water partition coefficient (Wildman–Crippen LogP) is 2.09. The number of nitro groups is 1. The van der Waals surface area contributed by atoms with Crippen LogP contribution in [-0.4, -0.2) is 22.7 Å². The van der Waals surface area contributed by atoms with Crippen molar-refractivity contribution < 1.29 is 10.0 Å². The maximum Gasteiger partial charge on any atom is 0.292 e. The van der Waals surface area contributed by atoms with E-state index in [2.05, 4.69) is 5.32 Å². The van der Waals surface area contributed by atoms with Gasteiger partial charge in [-0.3, -0.25) is 10.1 Å². The van der Waals surface area contributed by atoms with Crippen LogP contribution >= 0.6 is 0 Å². The van der Waals surface area contributed by atoms with Crippen molar-refractivity contribution in [2.24, 2.45) is 0 Å². The molecule has 5 heteroatoms. The van der Waals surface area contributed by atoms with Crippen LogP contribution in [0.25, 0.3) is 0 Å². The van der Waals surface area contributed by atoms with Gasteiger partial charge in [0.25, 0.3) is 5.69 Å². The van der Waals surface area contributed by atoms with Gasteiger partial charge < -0.3 is 10.4 Å². The van der Waals surface area contributed by atoms with E-state index in [0.717, 1.165) is 5.56 Å². The van der Waals surface area contributed by atoms with Crippen LogP contribution in [0.5, 0.6) is 0 Å². The smallest absolute Gasteiger partial charge is 0.292 e. The van der Waals surface area contributed by atoms with Crippen LogP contribution in [0, 0.1) is 17.0 Å². The number of rotatable bonds is 5. The van der Waals surface area contributed by atoms with Gasteiger partial charge in [0.05, 0.1) is 11.0 Å². The molecule has 2 N–H and O–H groups in total. The van der Waals surface area contributed by atoms with Gasteiger partial charge in [0.15, 0.2) is 0 Å². The Morgan fingerprint density at radius 3 is 2.81 bits per heavy atom. The number of nitrogens with one attached hydrogen (secondary N) is 1. The molecular formula is C11H16N2O3. The first-order valence-electron chi connectivity index (χ1n) is 5.21. The highest BCUT2D eigenvalue weighted by Crippen LogP contribution is 2.25. The molecule has 0 amide bonds. The van der Waals surface area contributed by atoms with Crippen LogP contribution in [0.15, 0.2) is 18.2 Å². The van der Waals surface area contributed by atoms with Crippen LogP contribution in [0.3, 0.4) is 0 Å². The van der Waals surface area contributed by atoms with E-state index in [1.54, 1.807) is 19.1 Å². The summed E-state index contributed by atoms with van der Waals surface area (Å²) < 4.78 is 0. The summed E-state index contributed by atoms with van der Waals surface area (Å²) in [6.45, 7) is 3.98. The number of nitrogens with zero attached hydrogens (tertiary/aromatic N) is 1. The van der Waals surface area contributed by atoms with E-state index in [1.807, 2.05) is 6.92 Å². The number of aryl methyl sites for hydroxylation is 1. The fourth-order valence-electron chi connectivity index (χ4n) is 1.31. The molecule has 5 nitrogen and oxygen atoms in total. The highest BCUT2D eigenvalue weighted by atomic mass is 16.6. The minimum absolute atomic E-state index is 0.0447. The van der Waals surface area contributed by atoms with Crippen molar-refractivity contribution in [3.63, 3.8) is 0 Å². The second-order valence-corrected chi connectivity index (χ2v) is 3.72. The monoisotopic (exact) mass is 224 g/mol.